The average Bonchev–Trinajstić information content (AvgIpc) is 3.87. The maximum atomic E-state index is 5.69. The molecule has 5 heterocycles. The van der Waals surface area contributed by atoms with Crippen molar-refractivity contribution in [2.45, 2.75) is 38.8 Å². The first-order chi connectivity index (χ1) is 24.6. The average molecular weight is 845 g/mol. The fourth-order valence-corrected chi connectivity index (χ4v) is 11.8. The summed E-state index contributed by atoms with van der Waals surface area (Å²) in [6.07, 6.45) is 11.2. The molecular weight excluding hydrogens is 806 g/mol. The minimum atomic E-state index is -0.943. The van der Waals surface area contributed by atoms with Gasteiger partial charge in [0.2, 0.25) is 0 Å². The molecule has 4 aromatic carbocycles. The van der Waals surface area contributed by atoms with Crippen molar-refractivity contribution in [3.63, 3.8) is 0 Å². The third kappa shape index (κ3) is 4.50. The molecule has 4 bridgehead atoms. The summed E-state index contributed by atoms with van der Waals surface area (Å²) in [6.45, 7) is 8.98. The fraction of sp³-hybridized carbons (Fsp3) is 0.214. The Morgan fingerprint density at radius 3 is 1.90 bits per heavy atom. The van der Waals surface area contributed by atoms with Gasteiger partial charge in [-0.05, 0) is 0 Å². The zero-order valence-electron chi connectivity index (χ0n) is 29.9. The standard InChI is InChI=1S/C42H39BN7.Ir/c1-31-15-14-16-32(2)39(31)43-47(7)37-22-21-35(41(3,33-17-10-8-11-18-33)48-25-23-45(5)29-48)27-36(37)40-44-38(28-50(40)43)42(4,34-19-12-9-13-20-34)49-26-24-46(6)30-49;/h8-17,19,21-26,28H,1-7H3;/q-3;/t41?,42-;/m0./s1. The van der Waals surface area contributed by atoms with Crippen molar-refractivity contribution in [3.8, 4) is 11.4 Å². The van der Waals surface area contributed by atoms with Gasteiger partial charge in [-0.1, -0.05) is 0 Å². The van der Waals surface area contributed by atoms with E-state index in [-0.39, 0.29) is 6.98 Å². The van der Waals surface area contributed by atoms with Crippen LogP contribution in [0.4, 0.5) is 5.69 Å². The molecule has 5 aromatic rings. The van der Waals surface area contributed by atoms with Crippen LogP contribution >= 0.6 is 0 Å². The number of rotatable bonds is 3. The summed E-state index contributed by atoms with van der Waals surface area (Å²) in [6, 6.07) is 39.2. The molecule has 0 radical (unpaired) electrons. The van der Waals surface area contributed by atoms with Crippen LogP contribution in [0.15, 0.2) is 110 Å². The number of aryl methyl sites for hydroxylation is 2. The van der Waals surface area contributed by atoms with Crippen molar-refractivity contribution in [2.24, 2.45) is 0 Å². The molecule has 51 heavy (non-hydrogen) atoms. The number of hydrogen-bond acceptors (Lipinski definition) is 6. The molecule has 0 saturated heterocycles. The molecule has 1 unspecified atom stereocenters. The number of aromatic nitrogens is 2. The molecule has 0 N–H and O–H groups in total. The van der Waals surface area contributed by atoms with Crippen molar-refractivity contribution < 1.29 is 16.8 Å². The number of imidazole rings is 1. The van der Waals surface area contributed by atoms with Gasteiger partial charge >= 0.3 is 310 Å². The second-order valence-electron chi connectivity index (χ2n) is 14.1. The van der Waals surface area contributed by atoms with Crippen molar-refractivity contribution in [1.82, 2.24) is 29.1 Å². The third-order valence-corrected chi connectivity index (χ3v) is 15.0. The van der Waals surface area contributed by atoms with Crippen molar-refractivity contribution in [3.05, 3.63) is 162 Å². The predicted molar refractivity (Wildman–Crippen MR) is 203 cm³/mol. The summed E-state index contributed by atoms with van der Waals surface area (Å²) in [5.41, 5.74) is 8.86. The molecule has 257 valence electrons. The summed E-state index contributed by atoms with van der Waals surface area (Å²) in [5.74, 6) is 0.917. The number of hydrogen-bond donors (Lipinski definition) is 0. The number of fused-ring (bicyclic) bond motifs is 4. The molecule has 9 rings (SSSR count). The van der Waals surface area contributed by atoms with Crippen LogP contribution in [0.1, 0.15) is 47.4 Å². The molecule has 0 amide bonds. The Kier molecular flexibility index (Phi) is 7.22. The molecule has 7 nitrogen and oxygen atoms in total. The van der Waals surface area contributed by atoms with Crippen LogP contribution in [0.5, 0.6) is 0 Å². The van der Waals surface area contributed by atoms with Crippen molar-refractivity contribution in [1.29, 1.82) is 0 Å². The van der Waals surface area contributed by atoms with Gasteiger partial charge in [0.25, 0.3) is 0 Å². The molecule has 0 fully saturated rings. The fourth-order valence-electron chi connectivity index (χ4n) is 8.13. The normalized spacial score (nSPS) is 22.0. The van der Waals surface area contributed by atoms with Crippen LogP contribution < -0.4 is 10.3 Å². The first-order valence-corrected chi connectivity index (χ1v) is 19.7. The van der Waals surface area contributed by atoms with Crippen LogP contribution in [-0.4, -0.2) is 65.7 Å². The quantitative estimate of drug-likeness (QED) is 0.177. The van der Waals surface area contributed by atoms with Crippen LogP contribution in [0.2, 0.25) is 0 Å². The van der Waals surface area contributed by atoms with E-state index in [0.717, 1.165) is 39.5 Å². The van der Waals surface area contributed by atoms with E-state index in [1.807, 2.05) is 24.3 Å². The summed E-state index contributed by atoms with van der Waals surface area (Å²) in [5, 5.41) is 0. The topological polar surface area (TPSA) is 34.0 Å². The van der Waals surface area contributed by atoms with Gasteiger partial charge in [-0.25, -0.2) is 0 Å². The van der Waals surface area contributed by atoms with Gasteiger partial charge in [0.05, 0.1) is 0 Å². The molecule has 1 aromatic heterocycles. The van der Waals surface area contributed by atoms with Gasteiger partial charge in [-0.3, -0.25) is 0 Å². The first-order valence-electron chi connectivity index (χ1n) is 17.3. The molecule has 4 aliphatic heterocycles. The van der Waals surface area contributed by atoms with Crippen LogP contribution in [0.3, 0.4) is 0 Å². The Hall–Kier alpha value is -4.98. The zero-order chi connectivity index (χ0) is 35.2. The van der Waals surface area contributed by atoms with Crippen LogP contribution in [0.25, 0.3) is 11.4 Å². The van der Waals surface area contributed by atoms with Gasteiger partial charge in [0, 0.05) is 0 Å². The summed E-state index contributed by atoms with van der Waals surface area (Å²) in [4.78, 5) is 17.6. The first kappa shape index (κ1) is 32.0. The molecule has 2 atom stereocenters. The van der Waals surface area contributed by atoms with Gasteiger partial charge in [-0.15, -0.1) is 0 Å². The van der Waals surface area contributed by atoms with Gasteiger partial charge < -0.3 is 0 Å². The molecule has 0 saturated carbocycles. The van der Waals surface area contributed by atoms with Crippen LogP contribution in [0, 0.1) is 32.0 Å². The van der Waals surface area contributed by atoms with E-state index < -0.39 is 27.9 Å². The molecule has 0 aliphatic carbocycles. The number of nitrogens with zero attached hydrogens (tertiary/aromatic N) is 7. The Bertz CT molecular complexity index is 2320. The predicted octanol–water partition coefficient (Wildman–Crippen LogP) is 5.50. The van der Waals surface area contributed by atoms with Gasteiger partial charge in [0.15, 0.2) is 0 Å². The van der Waals surface area contributed by atoms with Crippen molar-refractivity contribution in [2.75, 3.05) is 26.0 Å². The van der Waals surface area contributed by atoms with Crippen LogP contribution in [-0.2, 0) is 27.9 Å². The monoisotopic (exact) mass is 845 g/mol. The molecule has 4 aliphatic rings. The number of anilines is 1. The number of benzene rings is 4. The molecular formula is C42H39BIrN7-3. The van der Waals surface area contributed by atoms with E-state index >= 15 is 0 Å². The maximum absolute atomic E-state index is 5.69. The Morgan fingerprint density at radius 1 is 0.686 bits per heavy atom. The summed E-state index contributed by atoms with van der Waals surface area (Å²) < 4.78 is 4.95. The zero-order valence-corrected chi connectivity index (χ0v) is 32.3. The second kappa shape index (κ2) is 11.5. The Balaban J connectivity index is 1.43. The van der Waals surface area contributed by atoms with E-state index in [1.54, 1.807) is 0 Å². The van der Waals surface area contributed by atoms with E-state index in [0.29, 0.717) is 0 Å². The van der Waals surface area contributed by atoms with E-state index in [9.17, 15) is 0 Å². The minimum absolute atomic E-state index is 0.0938. The van der Waals surface area contributed by atoms with Crippen molar-refractivity contribution >= 4 is 26.7 Å². The molecule has 9 heteroatoms. The Morgan fingerprint density at radius 2 is 1.29 bits per heavy atom. The molecule has 0 spiro atoms. The second-order valence-corrected chi connectivity index (χ2v) is 16.9. The summed E-state index contributed by atoms with van der Waals surface area (Å²) >= 11 is -0.943. The van der Waals surface area contributed by atoms with Gasteiger partial charge in [0.1, 0.15) is 0 Å². The van der Waals surface area contributed by atoms with Gasteiger partial charge in [-0.2, -0.15) is 0 Å². The third-order valence-electron chi connectivity index (χ3n) is 11.1. The van der Waals surface area contributed by atoms with E-state index in [2.05, 4.69) is 182 Å². The Labute approximate surface area is 308 Å². The summed E-state index contributed by atoms with van der Waals surface area (Å²) in [7, 11) is 6.56. The SMILES string of the molecule is Cc1cccc(C)c1B1N(C)c2ccc3[c-]c2-c2nc(cn21)[C@](C)(c1[c-]cccc1)N1C=CN(C)[C]1=[Ir]=[C]1N(C)C=CN1C3(C)c1[c-]cccc1. The van der Waals surface area contributed by atoms with E-state index in [4.69, 9.17) is 4.98 Å². The van der Waals surface area contributed by atoms with E-state index in [1.165, 1.54) is 25.1 Å².